The van der Waals surface area contributed by atoms with Crippen molar-refractivity contribution in [3.8, 4) is 11.5 Å². The van der Waals surface area contributed by atoms with Gasteiger partial charge in [0.1, 0.15) is 0 Å². The van der Waals surface area contributed by atoms with Gasteiger partial charge in [-0.25, -0.2) is 0 Å². The van der Waals surface area contributed by atoms with Crippen LogP contribution in [0.15, 0.2) is 59.1 Å². The van der Waals surface area contributed by atoms with E-state index in [1.54, 1.807) is 0 Å². The third kappa shape index (κ3) is 4.25. The molecule has 0 spiro atoms. The minimum atomic E-state index is -0.0261. The van der Waals surface area contributed by atoms with E-state index in [1.807, 2.05) is 61.2 Å². The Hall–Kier alpha value is -2.70. The predicted molar refractivity (Wildman–Crippen MR) is 119 cm³/mol. The second-order valence-electron chi connectivity index (χ2n) is 7.88. The fourth-order valence-electron chi connectivity index (χ4n) is 3.96. The minimum Gasteiger partial charge on any atom is -0.338 e. The molecule has 0 radical (unpaired) electrons. The van der Waals surface area contributed by atoms with Crippen molar-refractivity contribution in [2.45, 2.75) is 25.7 Å². The molecule has 0 saturated carbocycles. The standard InChI is InChI=1S/C23H26N4O2.ClH/c1-15(2)21-25-22(29-26-21)18-10-6-7-11-19(18)23(28)27-13-17(12-24)20(14-27)16-8-4-3-5-9-16;/h3-11,15,17,20H,12-14,24H2,1-2H3;1H/t17-,20+;/m1./s1. The van der Waals surface area contributed by atoms with Crippen LogP contribution in [0.1, 0.15) is 47.4 Å². The lowest BCUT2D eigenvalue weighted by Crippen LogP contribution is -2.30. The van der Waals surface area contributed by atoms with Crippen LogP contribution in [0.4, 0.5) is 0 Å². The summed E-state index contributed by atoms with van der Waals surface area (Å²) < 4.78 is 5.45. The Morgan fingerprint density at radius 3 is 2.50 bits per heavy atom. The molecule has 1 amide bonds. The highest BCUT2D eigenvalue weighted by Gasteiger charge is 2.36. The summed E-state index contributed by atoms with van der Waals surface area (Å²) in [6.45, 7) is 5.86. The molecule has 2 atom stereocenters. The Labute approximate surface area is 182 Å². The highest BCUT2D eigenvalue weighted by molar-refractivity contribution is 6.00. The predicted octanol–water partition coefficient (Wildman–Crippen LogP) is 4.10. The summed E-state index contributed by atoms with van der Waals surface area (Å²) in [5.74, 6) is 1.63. The summed E-state index contributed by atoms with van der Waals surface area (Å²) in [6.07, 6.45) is 0. The molecular weight excluding hydrogens is 400 g/mol. The molecule has 0 aliphatic carbocycles. The summed E-state index contributed by atoms with van der Waals surface area (Å²) >= 11 is 0. The number of nitrogens with two attached hydrogens (primary N) is 1. The fraction of sp³-hybridized carbons (Fsp3) is 0.348. The van der Waals surface area contributed by atoms with Crippen LogP contribution in [-0.2, 0) is 0 Å². The second kappa shape index (κ2) is 9.41. The molecule has 2 aromatic carbocycles. The van der Waals surface area contributed by atoms with Crippen molar-refractivity contribution in [3.05, 3.63) is 71.5 Å². The van der Waals surface area contributed by atoms with Crippen LogP contribution >= 0.6 is 12.4 Å². The molecule has 3 aromatic rings. The average molecular weight is 427 g/mol. The summed E-state index contributed by atoms with van der Waals surface area (Å²) in [4.78, 5) is 19.8. The first kappa shape index (κ1) is 22.0. The van der Waals surface area contributed by atoms with E-state index in [4.69, 9.17) is 10.3 Å². The maximum Gasteiger partial charge on any atom is 0.258 e. The monoisotopic (exact) mass is 426 g/mol. The van der Waals surface area contributed by atoms with Crippen molar-refractivity contribution in [1.29, 1.82) is 0 Å². The van der Waals surface area contributed by atoms with E-state index < -0.39 is 0 Å². The van der Waals surface area contributed by atoms with Gasteiger partial charge in [0, 0.05) is 24.9 Å². The quantitative estimate of drug-likeness (QED) is 0.663. The molecule has 1 aliphatic heterocycles. The van der Waals surface area contributed by atoms with E-state index in [1.165, 1.54) is 5.56 Å². The molecule has 2 N–H and O–H groups in total. The van der Waals surface area contributed by atoms with Gasteiger partial charge in [0.15, 0.2) is 5.82 Å². The summed E-state index contributed by atoms with van der Waals surface area (Å²) in [5, 5.41) is 4.04. The first-order valence-corrected chi connectivity index (χ1v) is 10.1. The molecule has 1 fully saturated rings. The molecule has 1 saturated heterocycles. The van der Waals surface area contributed by atoms with Gasteiger partial charge in [0.25, 0.3) is 11.8 Å². The number of amides is 1. The number of rotatable bonds is 5. The van der Waals surface area contributed by atoms with Gasteiger partial charge in [0.2, 0.25) is 0 Å². The second-order valence-corrected chi connectivity index (χ2v) is 7.88. The Morgan fingerprint density at radius 1 is 1.13 bits per heavy atom. The molecule has 30 heavy (non-hydrogen) atoms. The molecule has 158 valence electrons. The number of benzene rings is 2. The molecule has 4 rings (SSSR count). The molecule has 6 nitrogen and oxygen atoms in total. The topological polar surface area (TPSA) is 85.2 Å². The Morgan fingerprint density at radius 2 is 1.83 bits per heavy atom. The first-order valence-electron chi connectivity index (χ1n) is 10.1. The molecule has 1 aliphatic rings. The van der Waals surface area contributed by atoms with Crippen LogP contribution in [0.25, 0.3) is 11.5 Å². The van der Waals surface area contributed by atoms with Crippen molar-refractivity contribution >= 4 is 18.3 Å². The van der Waals surface area contributed by atoms with Gasteiger partial charge in [-0.05, 0) is 30.2 Å². The number of aromatic nitrogens is 2. The van der Waals surface area contributed by atoms with Crippen LogP contribution in [0.5, 0.6) is 0 Å². The lowest BCUT2D eigenvalue weighted by atomic mass is 9.89. The van der Waals surface area contributed by atoms with Crippen LogP contribution in [0.2, 0.25) is 0 Å². The summed E-state index contributed by atoms with van der Waals surface area (Å²) in [6, 6.07) is 17.7. The number of hydrogen-bond acceptors (Lipinski definition) is 5. The normalized spacial score (nSPS) is 18.5. The fourth-order valence-corrected chi connectivity index (χ4v) is 3.96. The van der Waals surface area contributed by atoms with Gasteiger partial charge in [0.05, 0.1) is 11.1 Å². The van der Waals surface area contributed by atoms with Crippen molar-refractivity contribution in [3.63, 3.8) is 0 Å². The van der Waals surface area contributed by atoms with Crippen molar-refractivity contribution in [2.24, 2.45) is 11.7 Å². The molecule has 7 heteroatoms. The van der Waals surface area contributed by atoms with Gasteiger partial charge in [-0.2, -0.15) is 4.98 Å². The number of halogens is 1. The number of carbonyl (C=O) groups excluding carboxylic acids is 1. The SMILES string of the molecule is CC(C)c1noc(-c2ccccc2C(=O)N2C[C@@H](CN)[C@H](c3ccccc3)C2)n1.Cl. The van der Waals surface area contributed by atoms with E-state index >= 15 is 0 Å². The summed E-state index contributed by atoms with van der Waals surface area (Å²) in [7, 11) is 0. The van der Waals surface area contributed by atoms with Gasteiger partial charge in [-0.1, -0.05) is 61.5 Å². The zero-order chi connectivity index (χ0) is 20.4. The van der Waals surface area contributed by atoms with E-state index in [0.29, 0.717) is 42.5 Å². The van der Waals surface area contributed by atoms with Gasteiger partial charge in [-0.15, -0.1) is 12.4 Å². The molecule has 1 aromatic heterocycles. The number of carbonyl (C=O) groups is 1. The van der Waals surface area contributed by atoms with Crippen molar-refractivity contribution in [1.82, 2.24) is 15.0 Å². The zero-order valence-corrected chi connectivity index (χ0v) is 18.0. The third-order valence-electron chi connectivity index (χ3n) is 5.60. The number of nitrogens with zero attached hydrogens (tertiary/aromatic N) is 3. The van der Waals surface area contributed by atoms with E-state index in [-0.39, 0.29) is 36.1 Å². The number of likely N-dealkylation sites (tertiary alicyclic amines) is 1. The molecule has 0 bridgehead atoms. The maximum absolute atomic E-state index is 13.4. The van der Waals surface area contributed by atoms with Gasteiger partial charge < -0.3 is 15.2 Å². The van der Waals surface area contributed by atoms with E-state index in [0.717, 1.165) is 0 Å². The van der Waals surface area contributed by atoms with Crippen molar-refractivity contribution < 1.29 is 9.32 Å². The summed E-state index contributed by atoms with van der Waals surface area (Å²) in [5.41, 5.74) is 8.52. The highest BCUT2D eigenvalue weighted by Crippen LogP contribution is 2.34. The van der Waals surface area contributed by atoms with E-state index in [9.17, 15) is 4.79 Å². The van der Waals surface area contributed by atoms with E-state index in [2.05, 4.69) is 22.3 Å². The maximum atomic E-state index is 13.4. The van der Waals surface area contributed by atoms with Gasteiger partial charge in [-0.3, -0.25) is 4.79 Å². The Bertz CT molecular complexity index is 990. The lowest BCUT2D eigenvalue weighted by Gasteiger charge is -2.18. The van der Waals surface area contributed by atoms with Crippen LogP contribution in [-0.4, -0.2) is 40.6 Å². The van der Waals surface area contributed by atoms with Crippen LogP contribution in [0, 0.1) is 5.92 Å². The third-order valence-corrected chi connectivity index (χ3v) is 5.60. The Kier molecular flexibility index (Phi) is 6.90. The smallest absolute Gasteiger partial charge is 0.258 e. The Balaban J connectivity index is 0.00000256. The molecule has 2 heterocycles. The van der Waals surface area contributed by atoms with Crippen LogP contribution < -0.4 is 5.73 Å². The molecule has 0 unspecified atom stereocenters. The lowest BCUT2D eigenvalue weighted by molar-refractivity contribution is 0.0787. The highest BCUT2D eigenvalue weighted by atomic mass is 35.5. The molecular formula is C23H27ClN4O2. The largest absolute Gasteiger partial charge is 0.338 e. The minimum absolute atomic E-state index is 0. The number of hydrogen-bond donors (Lipinski definition) is 1. The van der Waals surface area contributed by atoms with Gasteiger partial charge >= 0.3 is 0 Å². The average Bonchev–Trinajstić information content (AvgIpc) is 3.41. The van der Waals surface area contributed by atoms with Crippen molar-refractivity contribution in [2.75, 3.05) is 19.6 Å². The van der Waals surface area contributed by atoms with Crippen LogP contribution in [0.3, 0.4) is 0 Å². The first-order chi connectivity index (χ1) is 14.1. The zero-order valence-electron chi connectivity index (χ0n) is 17.2.